The minimum absolute atomic E-state index is 0.111. The molecule has 4 rings (SSSR count). The number of aryl methyl sites for hydroxylation is 1. The molecule has 0 radical (unpaired) electrons. The van der Waals surface area contributed by atoms with E-state index in [1.807, 2.05) is 36.4 Å². The van der Waals surface area contributed by atoms with Gasteiger partial charge in [0.25, 0.3) is 5.91 Å². The first-order valence-electron chi connectivity index (χ1n) is 10.1. The summed E-state index contributed by atoms with van der Waals surface area (Å²) >= 11 is 6.55. The molecule has 1 fully saturated rings. The minimum atomic E-state index is -0.366. The smallest absolute Gasteiger partial charge is 0.258 e. The summed E-state index contributed by atoms with van der Waals surface area (Å²) in [6.45, 7) is 4.96. The van der Waals surface area contributed by atoms with Crippen molar-refractivity contribution in [2.24, 2.45) is 0 Å². The second kappa shape index (κ2) is 9.08. The predicted octanol–water partition coefficient (Wildman–Crippen LogP) is 3.94. The van der Waals surface area contributed by atoms with E-state index in [0.717, 1.165) is 11.3 Å². The second-order valence-electron chi connectivity index (χ2n) is 7.54. The molecule has 0 bridgehead atoms. The number of benzene rings is 2. The van der Waals surface area contributed by atoms with Gasteiger partial charge in [-0.15, -0.1) is 0 Å². The van der Waals surface area contributed by atoms with Crippen molar-refractivity contribution in [1.82, 2.24) is 19.6 Å². The van der Waals surface area contributed by atoms with E-state index in [0.29, 0.717) is 49.1 Å². The Kier molecular flexibility index (Phi) is 6.25. The zero-order chi connectivity index (χ0) is 22.0. The standard InChI is InChI=1S/C23H24ClFN4O2/c1-16-21(22(24)29(26-16)18-6-4-3-5-7-18)23(30)28-12-10-27(11-13-28)15-17-8-9-20(31-2)19(25)14-17/h3-9,14H,10-13,15H2,1-2H3. The van der Waals surface area contributed by atoms with Gasteiger partial charge in [-0.2, -0.15) is 5.10 Å². The van der Waals surface area contributed by atoms with Crippen LogP contribution in [0.5, 0.6) is 5.75 Å². The van der Waals surface area contributed by atoms with Gasteiger partial charge in [0.05, 0.1) is 24.1 Å². The van der Waals surface area contributed by atoms with Crippen molar-refractivity contribution in [3.63, 3.8) is 0 Å². The molecule has 0 atom stereocenters. The molecule has 162 valence electrons. The lowest BCUT2D eigenvalue weighted by molar-refractivity contribution is 0.0628. The Labute approximate surface area is 185 Å². The van der Waals surface area contributed by atoms with Crippen molar-refractivity contribution >= 4 is 17.5 Å². The van der Waals surface area contributed by atoms with E-state index in [-0.39, 0.29) is 17.5 Å². The number of rotatable bonds is 5. The van der Waals surface area contributed by atoms with E-state index >= 15 is 0 Å². The highest BCUT2D eigenvalue weighted by Gasteiger charge is 2.28. The van der Waals surface area contributed by atoms with Crippen molar-refractivity contribution < 1.29 is 13.9 Å². The molecule has 1 aliphatic rings. The maximum absolute atomic E-state index is 13.9. The monoisotopic (exact) mass is 442 g/mol. The van der Waals surface area contributed by atoms with E-state index < -0.39 is 0 Å². The molecule has 6 nitrogen and oxygen atoms in total. The molecule has 0 unspecified atom stereocenters. The molecule has 1 aromatic heterocycles. The Balaban J connectivity index is 1.42. The maximum Gasteiger partial charge on any atom is 0.258 e. The first-order chi connectivity index (χ1) is 15.0. The number of nitrogens with zero attached hydrogens (tertiary/aromatic N) is 4. The average molecular weight is 443 g/mol. The van der Waals surface area contributed by atoms with E-state index in [2.05, 4.69) is 10.00 Å². The van der Waals surface area contributed by atoms with Crippen LogP contribution >= 0.6 is 11.6 Å². The molecule has 0 N–H and O–H groups in total. The molecule has 31 heavy (non-hydrogen) atoms. The fourth-order valence-corrected chi connectivity index (χ4v) is 4.17. The molecule has 0 saturated carbocycles. The van der Waals surface area contributed by atoms with Gasteiger partial charge >= 0.3 is 0 Å². The lowest BCUT2D eigenvalue weighted by atomic mass is 10.1. The summed E-state index contributed by atoms with van der Waals surface area (Å²) in [5, 5.41) is 4.79. The van der Waals surface area contributed by atoms with Crippen LogP contribution in [0.15, 0.2) is 48.5 Å². The third-order valence-electron chi connectivity index (χ3n) is 5.50. The number of carbonyl (C=O) groups excluding carboxylic acids is 1. The molecular weight excluding hydrogens is 419 g/mol. The lowest BCUT2D eigenvalue weighted by Crippen LogP contribution is -2.48. The van der Waals surface area contributed by atoms with Crippen LogP contribution in [0.2, 0.25) is 5.15 Å². The summed E-state index contributed by atoms with van der Waals surface area (Å²) < 4.78 is 20.5. The van der Waals surface area contributed by atoms with Crippen LogP contribution in [0, 0.1) is 12.7 Å². The fraction of sp³-hybridized carbons (Fsp3) is 0.304. The highest BCUT2D eigenvalue weighted by atomic mass is 35.5. The second-order valence-corrected chi connectivity index (χ2v) is 7.89. The number of methoxy groups -OCH3 is 1. The van der Waals surface area contributed by atoms with Crippen molar-refractivity contribution in [3.05, 3.63) is 76.3 Å². The summed E-state index contributed by atoms with van der Waals surface area (Å²) in [4.78, 5) is 17.2. The van der Waals surface area contributed by atoms with Gasteiger partial charge in [-0.1, -0.05) is 35.9 Å². The molecule has 1 amide bonds. The maximum atomic E-state index is 13.9. The fourth-order valence-electron chi connectivity index (χ4n) is 3.82. The third-order valence-corrected chi connectivity index (χ3v) is 5.85. The molecule has 0 aliphatic carbocycles. The van der Waals surface area contributed by atoms with Crippen LogP contribution in [0.25, 0.3) is 5.69 Å². The first kappa shape index (κ1) is 21.3. The van der Waals surface area contributed by atoms with Gasteiger partial charge < -0.3 is 9.64 Å². The largest absolute Gasteiger partial charge is 0.494 e. The highest BCUT2D eigenvalue weighted by Crippen LogP contribution is 2.26. The SMILES string of the molecule is COc1ccc(CN2CCN(C(=O)c3c(C)nn(-c4ccccc4)c3Cl)CC2)cc1F. The number of hydrogen-bond acceptors (Lipinski definition) is 4. The zero-order valence-corrected chi connectivity index (χ0v) is 18.3. The van der Waals surface area contributed by atoms with Gasteiger partial charge in [-0.05, 0) is 36.8 Å². The molecular formula is C23H24ClFN4O2. The third kappa shape index (κ3) is 4.43. The normalized spacial score (nSPS) is 14.6. The molecule has 2 aromatic carbocycles. The quantitative estimate of drug-likeness (QED) is 0.600. The molecule has 8 heteroatoms. The Morgan fingerprint density at radius 2 is 1.84 bits per heavy atom. The number of para-hydroxylation sites is 1. The zero-order valence-electron chi connectivity index (χ0n) is 17.5. The summed E-state index contributed by atoms with van der Waals surface area (Å²) in [6, 6.07) is 14.5. The summed E-state index contributed by atoms with van der Waals surface area (Å²) in [6.07, 6.45) is 0. The number of amides is 1. The Morgan fingerprint density at radius 3 is 2.48 bits per heavy atom. The summed E-state index contributed by atoms with van der Waals surface area (Å²) in [7, 11) is 1.45. The summed E-state index contributed by atoms with van der Waals surface area (Å²) in [5.74, 6) is -0.239. The minimum Gasteiger partial charge on any atom is -0.494 e. The van der Waals surface area contributed by atoms with Gasteiger partial charge in [0.15, 0.2) is 11.6 Å². The van der Waals surface area contributed by atoms with Crippen molar-refractivity contribution in [1.29, 1.82) is 0 Å². The van der Waals surface area contributed by atoms with Gasteiger partial charge in [0.1, 0.15) is 5.15 Å². The molecule has 1 aliphatic heterocycles. The highest BCUT2D eigenvalue weighted by molar-refractivity contribution is 6.33. The average Bonchev–Trinajstić information content (AvgIpc) is 3.08. The van der Waals surface area contributed by atoms with Crippen LogP contribution in [-0.2, 0) is 6.54 Å². The van der Waals surface area contributed by atoms with Crippen LogP contribution in [-0.4, -0.2) is 58.8 Å². The molecule has 1 saturated heterocycles. The van der Waals surface area contributed by atoms with Crippen LogP contribution in [0.1, 0.15) is 21.6 Å². The number of hydrogen-bond donors (Lipinski definition) is 0. The number of halogens is 2. The Hall–Kier alpha value is -2.90. The van der Waals surface area contributed by atoms with Crippen molar-refractivity contribution in [3.8, 4) is 11.4 Å². The number of piperazine rings is 1. The van der Waals surface area contributed by atoms with Crippen LogP contribution < -0.4 is 4.74 Å². The Morgan fingerprint density at radius 1 is 1.13 bits per heavy atom. The lowest BCUT2D eigenvalue weighted by Gasteiger charge is -2.34. The molecule has 2 heterocycles. The Bertz CT molecular complexity index is 1080. The van der Waals surface area contributed by atoms with Gasteiger partial charge in [0.2, 0.25) is 0 Å². The molecule has 3 aromatic rings. The van der Waals surface area contributed by atoms with E-state index in [9.17, 15) is 9.18 Å². The van der Waals surface area contributed by atoms with Crippen molar-refractivity contribution in [2.45, 2.75) is 13.5 Å². The van der Waals surface area contributed by atoms with Crippen molar-refractivity contribution in [2.75, 3.05) is 33.3 Å². The number of carbonyl (C=O) groups is 1. The topological polar surface area (TPSA) is 50.6 Å². The van der Waals surface area contributed by atoms with Gasteiger partial charge in [-0.25, -0.2) is 9.07 Å². The van der Waals surface area contributed by atoms with Gasteiger partial charge in [0, 0.05) is 32.7 Å². The van der Waals surface area contributed by atoms with E-state index in [1.54, 1.807) is 22.6 Å². The molecule has 0 spiro atoms. The predicted molar refractivity (Wildman–Crippen MR) is 117 cm³/mol. The first-order valence-corrected chi connectivity index (χ1v) is 10.5. The van der Waals surface area contributed by atoms with Gasteiger partial charge in [-0.3, -0.25) is 9.69 Å². The number of ether oxygens (including phenoxy) is 1. The van der Waals surface area contributed by atoms with Crippen LogP contribution in [0.4, 0.5) is 4.39 Å². The summed E-state index contributed by atoms with van der Waals surface area (Å²) in [5.41, 5.74) is 2.73. The van der Waals surface area contributed by atoms with Crippen LogP contribution in [0.3, 0.4) is 0 Å². The van der Waals surface area contributed by atoms with E-state index in [1.165, 1.54) is 13.2 Å². The van der Waals surface area contributed by atoms with E-state index in [4.69, 9.17) is 16.3 Å². The number of aromatic nitrogens is 2.